The first-order valence-corrected chi connectivity index (χ1v) is 4.05. The van der Waals surface area contributed by atoms with Crippen LogP contribution < -0.4 is 0 Å². The van der Waals surface area contributed by atoms with Gasteiger partial charge in [0.1, 0.15) is 0 Å². The van der Waals surface area contributed by atoms with Gasteiger partial charge in [-0.25, -0.2) is 0 Å². The van der Waals surface area contributed by atoms with Crippen LogP contribution in [0.2, 0.25) is 0 Å². The van der Waals surface area contributed by atoms with Gasteiger partial charge in [0.05, 0.1) is 6.10 Å². The number of aliphatic hydroxyl groups is 1. The Hall–Kier alpha value is -1.10. The summed E-state index contributed by atoms with van der Waals surface area (Å²) in [5.41, 5.74) is 0. The normalized spacial score (nSPS) is 15.4. The predicted octanol–water partition coefficient (Wildman–Crippen LogP) is 0.179. The minimum Gasteiger partial charge on any atom is -0.481 e. The number of hydrogen-bond acceptors (Lipinski definition) is 3. The summed E-state index contributed by atoms with van der Waals surface area (Å²) in [5.74, 6) is -5.06. The molecule has 0 amide bonds. The van der Waals surface area contributed by atoms with Crippen LogP contribution in [0.15, 0.2) is 0 Å². The fourth-order valence-corrected chi connectivity index (χ4v) is 0.968. The summed E-state index contributed by atoms with van der Waals surface area (Å²) >= 11 is 0. The first kappa shape index (κ1) is 11.9. The van der Waals surface area contributed by atoms with E-state index in [1.54, 1.807) is 13.8 Å². The number of aliphatic hydroxyl groups excluding tert-OH is 1. The maximum Gasteiger partial charge on any atom is 0.320 e. The predicted molar refractivity (Wildman–Crippen MR) is 44.2 cm³/mol. The van der Waals surface area contributed by atoms with E-state index in [0.717, 1.165) is 0 Å². The molecule has 5 heteroatoms. The lowest BCUT2D eigenvalue weighted by Crippen LogP contribution is -2.38. The summed E-state index contributed by atoms with van der Waals surface area (Å²) in [7, 11) is 0. The molecule has 0 aliphatic carbocycles. The molecule has 0 rings (SSSR count). The number of aliphatic carboxylic acids is 2. The highest BCUT2D eigenvalue weighted by Crippen LogP contribution is 2.16. The van der Waals surface area contributed by atoms with Crippen LogP contribution >= 0.6 is 0 Å². The number of hydrogen-bond donors (Lipinski definition) is 3. The maximum atomic E-state index is 10.5. The largest absolute Gasteiger partial charge is 0.481 e. The molecule has 0 aromatic heterocycles. The van der Waals surface area contributed by atoms with Crippen LogP contribution in [0.25, 0.3) is 0 Å². The first-order chi connectivity index (χ1) is 5.91. The van der Waals surface area contributed by atoms with E-state index in [1.165, 1.54) is 0 Å². The van der Waals surface area contributed by atoms with Gasteiger partial charge in [-0.05, 0) is 5.92 Å². The van der Waals surface area contributed by atoms with Gasteiger partial charge in [0.2, 0.25) is 0 Å². The van der Waals surface area contributed by atoms with Gasteiger partial charge in [-0.3, -0.25) is 9.59 Å². The lowest BCUT2D eigenvalue weighted by Gasteiger charge is -2.20. The number of carboxylic acids is 2. The molecule has 0 aromatic carbocycles. The summed E-state index contributed by atoms with van der Waals surface area (Å²) in [6.45, 7) is 3.37. The molecule has 0 spiro atoms. The van der Waals surface area contributed by atoms with E-state index in [2.05, 4.69) is 0 Å². The Balaban J connectivity index is 4.55. The van der Waals surface area contributed by atoms with Crippen LogP contribution in [0.3, 0.4) is 0 Å². The van der Waals surface area contributed by atoms with E-state index in [-0.39, 0.29) is 5.92 Å². The Bertz CT molecular complexity index is 187. The molecular weight excluding hydrogens is 176 g/mol. The molecule has 76 valence electrons. The zero-order valence-electron chi connectivity index (χ0n) is 7.60. The summed E-state index contributed by atoms with van der Waals surface area (Å²) in [6.07, 6.45) is -0.793. The van der Waals surface area contributed by atoms with Crippen molar-refractivity contribution < 1.29 is 24.9 Å². The first-order valence-electron chi connectivity index (χ1n) is 4.05. The van der Waals surface area contributed by atoms with Crippen molar-refractivity contribution in [2.75, 3.05) is 0 Å². The molecule has 0 aliphatic rings. The molecule has 0 fully saturated rings. The van der Waals surface area contributed by atoms with Gasteiger partial charge in [0.15, 0.2) is 5.92 Å². The molecule has 0 heterocycles. The van der Waals surface area contributed by atoms with E-state index in [0.29, 0.717) is 6.42 Å². The average Bonchev–Trinajstić information content (AvgIpc) is 2.01. The minimum absolute atomic E-state index is 0.336. The van der Waals surface area contributed by atoms with Gasteiger partial charge in [-0.15, -0.1) is 0 Å². The highest BCUT2D eigenvalue weighted by Gasteiger charge is 2.36. The SMILES string of the molecule is CC[C@H](C)[C@H](O)C(C(=O)O)C(=O)O. The van der Waals surface area contributed by atoms with Crippen molar-refractivity contribution in [2.45, 2.75) is 26.4 Å². The van der Waals surface area contributed by atoms with E-state index in [9.17, 15) is 14.7 Å². The van der Waals surface area contributed by atoms with Crippen LogP contribution in [-0.2, 0) is 9.59 Å². The van der Waals surface area contributed by atoms with Crippen molar-refractivity contribution in [3.05, 3.63) is 0 Å². The summed E-state index contributed by atoms with van der Waals surface area (Å²) < 4.78 is 0. The second-order valence-electron chi connectivity index (χ2n) is 3.03. The van der Waals surface area contributed by atoms with Crippen molar-refractivity contribution in [2.24, 2.45) is 11.8 Å². The topological polar surface area (TPSA) is 94.8 Å². The summed E-state index contributed by atoms with van der Waals surface area (Å²) in [4.78, 5) is 20.9. The number of carboxylic acid groups (broad SMARTS) is 2. The minimum atomic E-state index is -1.73. The van der Waals surface area contributed by atoms with Gasteiger partial charge in [-0.2, -0.15) is 0 Å². The molecule has 0 aromatic rings. The van der Waals surface area contributed by atoms with Crippen molar-refractivity contribution in [3.8, 4) is 0 Å². The fraction of sp³-hybridized carbons (Fsp3) is 0.750. The molecular formula is C8H14O5. The van der Waals surface area contributed by atoms with E-state index >= 15 is 0 Å². The average molecular weight is 190 g/mol. The highest BCUT2D eigenvalue weighted by molar-refractivity contribution is 5.93. The van der Waals surface area contributed by atoms with Crippen molar-refractivity contribution >= 4 is 11.9 Å². The van der Waals surface area contributed by atoms with Gasteiger partial charge in [0, 0.05) is 0 Å². The van der Waals surface area contributed by atoms with Crippen LogP contribution in [0, 0.1) is 11.8 Å². The van der Waals surface area contributed by atoms with Crippen molar-refractivity contribution in [3.63, 3.8) is 0 Å². The number of rotatable bonds is 5. The smallest absolute Gasteiger partial charge is 0.320 e. The zero-order chi connectivity index (χ0) is 10.6. The van der Waals surface area contributed by atoms with Crippen LogP contribution in [0.5, 0.6) is 0 Å². The molecule has 0 unspecified atom stereocenters. The lowest BCUT2D eigenvalue weighted by atomic mass is 9.90. The fourth-order valence-electron chi connectivity index (χ4n) is 0.968. The maximum absolute atomic E-state index is 10.5. The van der Waals surface area contributed by atoms with Gasteiger partial charge >= 0.3 is 11.9 Å². The molecule has 0 saturated carbocycles. The Kier molecular flexibility index (Phi) is 4.40. The summed E-state index contributed by atoms with van der Waals surface area (Å²) in [5, 5.41) is 26.4. The molecule has 0 saturated heterocycles. The number of carbonyl (C=O) groups is 2. The molecule has 2 atom stereocenters. The Labute approximate surface area is 76.0 Å². The molecule has 0 radical (unpaired) electrons. The third-order valence-electron chi connectivity index (χ3n) is 2.10. The molecule has 0 bridgehead atoms. The highest BCUT2D eigenvalue weighted by atomic mass is 16.4. The van der Waals surface area contributed by atoms with Crippen LogP contribution in [-0.4, -0.2) is 33.4 Å². The van der Waals surface area contributed by atoms with Gasteiger partial charge in [-0.1, -0.05) is 20.3 Å². The second kappa shape index (κ2) is 4.81. The second-order valence-corrected chi connectivity index (χ2v) is 3.03. The standard InChI is InChI=1S/C8H14O5/c1-3-4(2)6(9)5(7(10)11)8(12)13/h4-6,9H,3H2,1-2H3,(H,10,11)(H,12,13)/t4-,6-/m0/s1. The summed E-state index contributed by atoms with van der Waals surface area (Å²) in [6, 6.07) is 0. The molecule has 0 aliphatic heterocycles. The van der Waals surface area contributed by atoms with E-state index in [4.69, 9.17) is 10.2 Å². The van der Waals surface area contributed by atoms with Gasteiger partial charge in [0.25, 0.3) is 0 Å². The van der Waals surface area contributed by atoms with Crippen LogP contribution in [0.4, 0.5) is 0 Å². The third-order valence-corrected chi connectivity index (χ3v) is 2.10. The third kappa shape index (κ3) is 3.02. The Morgan fingerprint density at radius 2 is 1.62 bits per heavy atom. The lowest BCUT2D eigenvalue weighted by molar-refractivity contribution is -0.161. The Morgan fingerprint density at radius 1 is 1.23 bits per heavy atom. The van der Waals surface area contributed by atoms with E-state index in [1.807, 2.05) is 0 Å². The van der Waals surface area contributed by atoms with Gasteiger partial charge < -0.3 is 15.3 Å². The molecule has 13 heavy (non-hydrogen) atoms. The van der Waals surface area contributed by atoms with Crippen molar-refractivity contribution in [1.82, 2.24) is 0 Å². The molecule has 5 nitrogen and oxygen atoms in total. The van der Waals surface area contributed by atoms with Crippen LogP contribution in [0.1, 0.15) is 20.3 Å². The quantitative estimate of drug-likeness (QED) is 0.537. The van der Waals surface area contributed by atoms with E-state index < -0.39 is 24.0 Å². The monoisotopic (exact) mass is 190 g/mol. The Morgan fingerprint density at radius 3 is 1.85 bits per heavy atom. The van der Waals surface area contributed by atoms with Crippen molar-refractivity contribution in [1.29, 1.82) is 0 Å². The molecule has 3 N–H and O–H groups in total. The zero-order valence-corrected chi connectivity index (χ0v) is 7.60.